The zero-order chi connectivity index (χ0) is 12.9. The fourth-order valence-electron chi connectivity index (χ4n) is 1.22. The first-order valence-corrected chi connectivity index (χ1v) is 5.54. The van der Waals surface area contributed by atoms with Gasteiger partial charge in [0.05, 0.1) is 5.52 Å². The van der Waals surface area contributed by atoms with Crippen LogP contribution in [-0.2, 0) is 9.53 Å². The van der Waals surface area contributed by atoms with Gasteiger partial charge in [-0.2, -0.15) is 0 Å². The van der Waals surface area contributed by atoms with Crippen LogP contribution in [0.2, 0.25) is 0 Å². The zero-order valence-electron chi connectivity index (χ0n) is 10.4. The van der Waals surface area contributed by atoms with Gasteiger partial charge in [-0.3, -0.25) is 4.98 Å². The van der Waals surface area contributed by atoms with Crippen molar-refractivity contribution in [2.75, 3.05) is 13.2 Å². The lowest BCUT2D eigenvalue weighted by Gasteiger charge is -1.91. The molecule has 1 aromatic heterocycles. The van der Waals surface area contributed by atoms with E-state index in [1.54, 1.807) is 0 Å². The number of benzene rings is 1. The summed E-state index contributed by atoms with van der Waals surface area (Å²) in [5.74, 6) is 0. The Bertz CT molecular complexity index is 337. The number of hydrogen-bond donors (Lipinski definition) is 0. The van der Waals surface area contributed by atoms with Crippen LogP contribution < -0.4 is 0 Å². The van der Waals surface area contributed by atoms with E-state index in [0.29, 0.717) is 0 Å². The third-order valence-electron chi connectivity index (χ3n) is 1.92. The zero-order valence-corrected chi connectivity index (χ0v) is 10.4. The van der Waals surface area contributed by atoms with Gasteiger partial charge in [-0.1, -0.05) is 24.3 Å². The molecular weight excluding hydrogens is 214 g/mol. The van der Waals surface area contributed by atoms with Gasteiger partial charge in [0.1, 0.15) is 6.79 Å². The molecular formula is C14H19NO2. The highest BCUT2D eigenvalue weighted by Gasteiger charge is 1.86. The van der Waals surface area contributed by atoms with Crippen molar-refractivity contribution in [1.82, 2.24) is 4.98 Å². The summed E-state index contributed by atoms with van der Waals surface area (Å²) in [5, 5.41) is 1.20. The predicted octanol–water partition coefficient (Wildman–Crippen LogP) is 3.09. The average Bonchev–Trinajstić information content (AvgIpc) is 2.43. The van der Waals surface area contributed by atoms with Gasteiger partial charge in [0, 0.05) is 24.8 Å². The Labute approximate surface area is 102 Å². The molecule has 0 fully saturated rings. The maximum absolute atomic E-state index is 8.00. The number of carbonyl (C=O) groups is 1. The molecule has 0 N–H and O–H groups in total. The smallest absolute Gasteiger partial charge is 0.106 e. The van der Waals surface area contributed by atoms with Crippen LogP contribution in [-0.4, -0.2) is 25.0 Å². The van der Waals surface area contributed by atoms with E-state index in [2.05, 4.69) is 17.1 Å². The number of aromatic nitrogens is 1. The molecule has 0 aliphatic rings. The first kappa shape index (κ1) is 15.3. The molecule has 1 heterocycles. The van der Waals surface area contributed by atoms with Crippen LogP contribution in [0.5, 0.6) is 0 Å². The van der Waals surface area contributed by atoms with Crippen LogP contribution in [0.4, 0.5) is 0 Å². The molecule has 0 radical (unpaired) electrons. The molecule has 2 rings (SSSR count). The summed E-state index contributed by atoms with van der Waals surface area (Å²) in [5.41, 5.74) is 1.06. The maximum Gasteiger partial charge on any atom is 0.106 e. The van der Waals surface area contributed by atoms with E-state index in [1.807, 2.05) is 51.1 Å². The number of carbonyl (C=O) groups excluding carboxylic acids is 1. The minimum Gasteiger partial charge on any atom is -0.382 e. The summed E-state index contributed by atoms with van der Waals surface area (Å²) in [7, 11) is 0. The van der Waals surface area contributed by atoms with Crippen LogP contribution in [0.15, 0.2) is 42.6 Å². The van der Waals surface area contributed by atoms with Crippen LogP contribution >= 0.6 is 0 Å². The Balaban J connectivity index is 0.000000315. The van der Waals surface area contributed by atoms with Gasteiger partial charge in [0.2, 0.25) is 0 Å². The largest absolute Gasteiger partial charge is 0.382 e. The normalized spacial score (nSPS) is 8.59. The molecule has 0 unspecified atom stereocenters. The number of ether oxygens (including phenoxy) is 1. The van der Waals surface area contributed by atoms with Crippen molar-refractivity contribution in [3.05, 3.63) is 42.6 Å². The highest BCUT2D eigenvalue weighted by atomic mass is 16.5. The Morgan fingerprint density at radius 2 is 1.65 bits per heavy atom. The van der Waals surface area contributed by atoms with Gasteiger partial charge >= 0.3 is 0 Å². The molecule has 1 aromatic carbocycles. The third kappa shape index (κ3) is 6.43. The molecule has 0 spiro atoms. The number of fused-ring (bicyclic) bond motifs is 1. The fourth-order valence-corrected chi connectivity index (χ4v) is 1.22. The topological polar surface area (TPSA) is 39.2 Å². The Hall–Kier alpha value is -1.74. The van der Waals surface area contributed by atoms with E-state index in [1.165, 1.54) is 5.39 Å². The second kappa shape index (κ2) is 10.8. The number of para-hydroxylation sites is 1. The van der Waals surface area contributed by atoms with Crippen molar-refractivity contribution in [3.63, 3.8) is 0 Å². The first-order chi connectivity index (χ1) is 8.38. The molecule has 0 saturated carbocycles. The quantitative estimate of drug-likeness (QED) is 0.800. The molecule has 0 aliphatic carbocycles. The van der Waals surface area contributed by atoms with Gasteiger partial charge in [0.15, 0.2) is 0 Å². The molecule has 0 amide bonds. The highest BCUT2D eigenvalue weighted by Crippen LogP contribution is 2.07. The monoisotopic (exact) mass is 233 g/mol. The number of pyridine rings is 1. The molecule has 0 saturated heterocycles. The lowest BCUT2D eigenvalue weighted by atomic mass is 10.2. The number of hydrogen-bond acceptors (Lipinski definition) is 3. The summed E-state index contributed by atoms with van der Waals surface area (Å²) < 4.78 is 4.83. The van der Waals surface area contributed by atoms with Crippen molar-refractivity contribution in [3.8, 4) is 0 Å². The van der Waals surface area contributed by atoms with Crippen molar-refractivity contribution in [1.29, 1.82) is 0 Å². The van der Waals surface area contributed by atoms with Crippen molar-refractivity contribution >= 4 is 17.7 Å². The molecule has 2 aromatic rings. The fraction of sp³-hybridized carbons (Fsp3) is 0.286. The summed E-state index contributed by atoms with van der Waals surface area (Å²) >= 11 is 0. The van der Waals surface area contributed by atoms with Crippen molar-refractivity contribution in [2.45, 2.75) is 13.8 Å². The van der Waals surface area contributed by atoms with Crippen LogP contribution in [0.3, 0.4) is 0 Å². The molecule has 0 atom stereocenters. The summed E-state index contributed by atoms with van der Waals surface area (Å²) in [6.07, 6.45) is 1.81. The predicted molar refractivity (Wildman–Crippen MR) is 71.0 cm³/mol. The standard InChI is InChI=1S/C9H7N.C4H10O.CH2O/c1-2-6-9-8(4-1)5-3-7-10-9;1-3-5-4-2;1-2/h1-7H;3-4H2,1-2H3;1H2. The van der Waals surface area contributed by atoms with E-state index in [-0.39, 0.29) is 0 Å². The van der Waals surface area contributed by atoms with Crippen LogP contribution in [0, 0.1) is 0 Å². The van der Waals surface area contributed by atoms with Gasteiger partial charge in [-0.15, -0.1) is 0 Å². The summed E-state index contributed by atoms with van der Waals surface area (Å²) in [6.45, 7) is 7.67. The Morgan fingerprint density at radius 3 is 2.18 bits per heavy atom. The minimum absolute atomic E-state index is 0.844. The molecule has 3 heteroatoms. The Kier molecular flexibility index (Phi) is 9.67. The highest BCUT2D eigenvalue weighted by molar-refractivity contribution is 5.77. The van der Waals surface area contributed by atoms with E-state index >= 15 is 0 Å². The van der Waals surface area contributed by atoms with E-state index in [9.17, 15) is 0 Å². The maximum atomic E-state index is 8.00. The summed E-state index contributed by atoms with van der Waals surface area (Å²) in [4.78, 5) is 12.2. The van der Waals surface area contributed by atoms with Crippen molar-refractivity contribution in [2.24, 2.45) is 0 Å². The molecule has 17 heavy (non-hydrogen) atoms. The van der Waals surface area contributed by atoms with Gasteiger partial charge < -0.3 is 9.53 Å². The van der Waals surface area contributed by atoms with Gasteiger partial charge in [-0.25, -0.2) is 0 Å². The van der Waals surface area contributed by atoms with Gasteiger partial charge in [-0.05, 0) is 26.0 Å². The van der Waals surface area contributed by atoms with Crippen LogP contribution in [0.1, 0.15) is 13.8 Å². The SMILES string of the molecule is C=O.CCOCC.c1ccc2ncccc2c1. The first-order valence-electron chi connectivity index (χ1n) is 5.54. The van der Waals surface area contributed by atoms with Gasteiger partial charge in [0.25, 0.3) is 0 Å². The van der Waals surface area contributed by atoms with E-state index < -0.39 is 0 Å². The number of rotatable bonds is 2. The van der Waals surface area contributed by atoms with Crippen molar-refractivity contribution < 1.29 is 9.53 Å². The Morgan fingerprint density at radius 1 is 1.06 bits per heavy atom. The lowest BCUT2D eigenvalue weighted by Crippen LogP contribution is -1.84. The molecule has 0 aliphatic heterocycles. The van der Waals surface area contributed by atoms with Crippen LogP contribution in [0.25, 0.3) is 10.9 Å². The van der Waals surface area contributed by atoms with E-state index in [4.69, 9.17) is 9.53 Å². The minimum atomic E-state index is 0.844. The second-order valence-electron chi connectivity index (χ2n) is 2.98. The number of nitrogens with zero attached hydrogens (tertiary/aromatic N) is 1. The average molecular weight is 233 g/mol. The van der Waals surface area contributed by atoms with E-state index in [0.717, 1.165) is 18.7 Å². The third-order valence-corrected chi connectivity index (χ3v) is 1.92. The second-order valence-corrected chi connectivity index (χ2v) is 2.98. The molecule has 92 valence electrons. The molecule has 0 bridgehead atoms. The summed E-state index contributed by atoms with van der Waals surface area (Å²) in [6, 6.07) is 12.1. The lowest BCUT2D eigenvalue weighted by molar-refractivity contribution is -0.0979. The molecule has 3 nitrogen and oxygen atoms in total.